The van der Waals surface area contributed by atoms with Gasteiger partial charge in [0.2, 0.25) is 0 Å². The Morgan fingerprint density at radius 2 is 2.21 bits per heavy atom. The van der Waals surface area contributed by atoms with E-state index in [9.17, 15) is 0 Å². The van der Waals surface area contributed by atoms with E-state index in [1.807, 2.05) is 6.07 Å². The molecule has 3 nitrogen and oxygen atoms in total. The molecule has 0 aliphatic carbocycles. The monoisotopic (exact) mass is 187 g/mol. The molecule has 3 heteroatoms. The number of H-pyrrole nitrogens is 1. The van der Waals surface area contributed by atoms with E-state index < -0.39 is 0 Å². The van der Waals surface area contributed by atoms with Gasteiger partial charge in [0.05, 0.1) is 5.52 Å². The number of hydrogen-bond donors (Lipinski definition) is 2. The van der Waals surface area contributed by atoms with Crippen LogP contribution < -0.4 is 5.32 Å². The zero-order valence-corrected chi connectivity index (χ0v) is 7.96. The molecule has 1 fully saturated rings. The van der Waals surface area contributed by atoms with E-state index in [0.717, 1.165) is 18.6 Å². The predicted octanol–water partition coefficient (Wildman–Crippen LogP) is 1.64. The fourth-order valence-electron chi connectivity index (χ4n) is 2.19. The summed E-state index contributed by atoms with van der Waals surface area (Å²) in [7, 11) is 0. The average molecular weight is 187 g/mol. The van der Waals surface area contributed by atoms with Crippen molar-refractivity contribution in [3.8, 4) is 0 Å². The maximum atomic E-state index is 4.31. The smallest absolute Gasteiger partial charge is 0.0923 e. The lowest BCUT2D eigenvalue weighted by atomic mass is 10.0. The topological polar surface area (TPSA) is 40.7 Å². The van der Waals surface area contributed by atoms with Crippen LogP contribution >= 0.6 is 0 Å². The number of nitrogens with zero attached hydrogens (tertiary/aromatic N) is 1. The molecule has 0 radical (unpaired) electrons. The first-order valence-corrected chi connectivity index (χ1v) is 5.09. The van der Waals surface area contributed by atoms with Gasteiger partial charge in [0.25, 0.3) is 0 Å². The Hall–Kier alpha value is -1.35. The highest BCUT2D eigenvalue weighted by atomic mass is 15.1. The first kappa shape index (κ1) is 8.00. The van der Waals surface area contributed by atoms with E-state index in [-0.39, 0.29) is 0 Å². The Labute approximate surface area is 82.5 Å². The van der Waals surface area contributed by atoms with Crippen molar-refractivity contribution in [1.29, 1.82) is 0 Å². The fraction of sp³-hybridized carbons (Fsp3) is 0.364. The molecular weight excluding hydrogens is 174 g/mol. The van der Waals surface area contributed by atoms with E-state index >= 15 is 0 Å². The van der Waals surface area contributed by atoms with Crippen molar-refractivity contribution in [2.45, 2.75) is 12.3 Å². The molecule has 1 saturated heterocycles. The SMILES string of the molecule is c1ccc2c([C@@H]3CCNC3)[nH]nc2c1. The number of benzene rings is 1. The average Bonchev–Trinajstić information content (AvgIpc) is 2.85. The minimum Gasteiger partial charge on any atom is -0.316 e. The Bertz CT molecular complexity index is 440. The molecule has 1 atom stereocenters. The van der Waals surface area contributed by atoms with Crippen molar-refractivity contribution in [2.24, 2.45) is 0 Å². The second kappa shape index (κ2) is 3.10. The number of aromatic nitrogens is 2. The van der Waals surface area contributed by atoms with Crippen molar-refractivity contribution < 1.29 is 0 Å². The maximum absolute atomic E-state index is 4.31. The summed E-state index contributed by atoms with van der Waals surface area (Å²) < 4.78 is 0. The van der Waals surface area contributed by atoms with Crippen LogP contribution in [0, 0.1) is 0 Å². The van der Waals surface area contributed by atoms with Crippen LogP contribution in [0.15, 0.2) is 24.3 Å². The van der Waals surface area contributed by atoms with Crippen LogP contribution in [0.4, 0.5) is 0 Å². The van der Waals surface area contributed by atoms with Crippen LogP contribution in [0.5, 0.6) is 0 Å². The first-order valence-electron chi connectivity index (χ1n) is 5.09. The van der Waals surface area contributed by atoms with Crippen molar-refractivity contribution in [1.82, 2.24) is 15.5 Å². The molecule has 2 N–H and O–H groups in total. The number of nitrogens with one attached hydrogen (secondary N) is 2. The number of rotatable bonds is 1. The summed E-state index contributed by atoms with van der Waals surface area (Å²) in [5.74, 6) is 0.613. The number of fused-ring (bicyclic) bond motifs is 1. The van der Waals surface area contributed by atoms with Gasteiger partial charge >= 0.3 is 0 Å². The van der Waals surface area contributed by atoms with Gasteiger partial charge in [-0.1, -0.05) is 18.2 Å². The van der Waals surface area contributed by atoms with Gasteiger partial charge in [0, 0.05) is 23.5 Å². The molecule has 2 heterocycles. The van der Waals surface area contributed by atoms with Crippen molar-refractivity contribution in [2.75, 3.05) is 13.1 Å². The molecule has 3 rings (SSSR count). The summed E-state index contributed by atoms with van der Waals surface area (Å²) in [6, 6.07) is 8.30. The fourth-order valence-corrected chi connectivity index (χ4v) is 2.19. The summed E-state index contributed by atoms with van der Waals surface area (Å²) in [6.07, 6.45) is 1.21. The van der Waals surface area contributed by atoms with Gasteiger partial charge < -0.3 is 5.32 Å². The van der Waals surface area contributed by atoms with Crippen molar-refractivity contribution in [3.63, 3.8) is 0 Å². The highest BCUT2D eigenvalue weighted by Crippen LogP contribution is 2.26. The number of para-hydroxylation sites is 1. The summed E-state index contributed by atoms with van der Waals surface area (Å²) in [4.78, 5) is 0. The zero-order chi connectivity index (χ0) is 9.38. The molecule has 1 aromatic heterocycles. The summed E-state index contributed by atoms with van der Waals surface area (Å²) in [5.41, 5.74) is 2.38. The Morgan fingerprint density at radius 3 is 3.07 bits per heavy atom. The van der Waals surface area contributed by atoms with Crippen molar-refractivity contribution >= 4 is 10.9 Å². The van der Waals surface area contributed by atoms with Crippen LogP contribution in [0.25, 0.3) is 10.9 Å². The van der Waals surface area contributed by atoms with Gasteiger partial charge in [-0.2, -0.15) is 5.10 Å². The second-order valence-corrected chi connectivity index (χ2v) is 3.84. The van der Waals surface area contributed by atoms with Crippen LogP contribution in [-0.4, -0.2) is 23.3 Å². The van der Waals surface area contributed by atoms with Gasteiger partial charge in [-0.25, -0.2) is 0 Å². The Morgan fingerprint density at radius 1 is 1.29 bits per heavy atom. The molecule has 0 unspecified atom stereocenters. The standard InChI is InChI=1S/C11H13N3/c1-2-4-10-9(3-1)11(14-13-10)8-5-6-12-7-8/h1-4,8,12H,5-7H2,(H,13,14)/t8-/m1/s1. The molecule has 72 valence electrons. The van der Waals surface area contributed by atoms with E-state index in [2.05, 4.69) is 33.7 Å². The number of hydrogen-bond acceptors (Lipinski definition) is 2. The summed E-state index contributed by atoms with van der Waals surface area (Å²) in [5, 5.41) is 12.1. The lowest BCUT2D eigenvalue weighted by Gasteiger charge is -2.04. The van der Waals surface area contributed by atoms with Gasteiger partial charge in [-0.15, -0.1) is 0 Å². The molecule has 1 aliphatic heterocycles. The van der Waals surface area contributed by atoms with E-state index in [0.29, 0.717) is 5.92 Å². The normalized spacial score (nSPS) is 21.9. The van der Waals surface area contributed by atoms with Gasteiger partial charge in [0.1, 0.15) is 0 Å². The molecule has 1 aromatic carbocycles. The van der Waals surface area contributed by atoms with E-state index in [1.54, 1.807) is 0 Å². The molecule has 2 aromatic rings. The highest BCUT2D eigenvalue weighted by Gasteiger charge is 2.20. The summed E-state index contributed by atoms with van der Waals surface area (Å²) in [6.45, 7) is 2.20. The molecule has 1 aliphatic rings. The quantitative estimate of drug-likeness (QED) is 0.712. The third-order valence-electron chi connectivity index (χ3n) is 2.96. The third-order valence-corrected chi connectivity index (χ3v) is 2.96. The largest absolute Gasteiger partial charge is 0.316 e. The Kier molecular flexibility index (Phi) is 1.77. The second-order valence-electron chi connectivity index (χ2n) is 3.84. The van der Waals surface area contributed by atoms with Gasteiger partial charge in [0.15, 0.2) is 0 Å². The Balaban J connectivity index is 2.11. The lowest BCUT2D eigenvalue weighted by molar-refractivity contribution is 0.734. The third kappa shape index (κ3) is 1.13. The van der Waals surface area contributed by atoms with Crippen LogP contribution in [0.3, 0.4) is 0 Å². The minimum absolute atomic E-state index is 0.613. The molecule has 0 saturated carbocycles. The predicted molar refractivity (Wildman–Crippen MR) is 56.3 cm³/mol. The van der Waals surface area contributed by atoms with Crippen LogP contribution in [0.2, 0.25) is 0 Å². The molecule has 0 spiro atoms. The molecule has 0 amide bonds. The van der Waals surface area contributed by atoms with E-state index in [1.165, 1.54) is 17.5 Å². The van der Waals surface area contributed by atoms with Crippen LogP contribution in [0.1, 0.15) is 18.0 Å². The van der Waals surface area contributed by atoms with Gasteiger partial charge in [-0.3, -0.25) is 5.10 Å². The molecule has 0 bridgehead atoms. The maximum Gasteiger partial charge on any atom is 0.0923 e. The van der Waals surface area contributed by atoms with Crippen LogP contribution in [-0.2, 0) is 0 Å². The number of aromatic amines is 1. The first-order chi connectivity index (χ1) is 6.95. The van der Waals surface area contributed by atoms with E-state index in [4.69, 9.17) is 0 Å². The molecular formula is C11H13N3. The minimum atomic E-state index is 0.613. The highest BCUT2D eigenvalue weighted by molar-refractivity contribution is 5.81. The molecule has 14 heavy (non-hydrogen) atoms. The lowest BCUT2D eigenvalue weighted by Crippen LogP contribution is -2.08. The zero-order valence-electron chi connectivity index (χ0n) is 7.96. The summed E-state index contributed by atoms with van der Waals surface area (Å²) >= 11 is 0. The van der Waals surface area contributed by atoms with Gasteiger partial charge in [-0.05, 0) is 19.0 Å². The van der Waals surface area contributed by atoms with Crippen molar-refractivity contribution in [3.05, 3.63) is 30.0 Å².